The van der Waals surface area contributed by atoms with Gasteiger partial charge in [-0.2, -0.15) is 0 Å². The Kier molecular flexibility index (Phi) is 8.10. The molecule has 8 heteroatoms. The van der Waals surface area contributed by atoms with Crippen LogP contribution in [-0.4, -0.2) is 60.3 Å². The zero-order chi connectivity index (χ0) is 24.8. The number of hydrogen-bond donors (Lipinski definition) is 1. The molecule has 1 aromatic heterocycles. The minimum atomic E-state index is -0.360. The van der Waals surface area contributed by atoms with E-state index in [0.29, 0.717) is 56.6 Å². The molecule has 0 bridgehead atoms. The fourth-order valence-corrected chi connectivity index (χ4v) is 5.22. The largest absolute Gasteiger partial charge is 0.496 e. The van der Waals surface area contributed by atoms with Crippen LogP contribution in [0.3, 0.4) is 0 Å². The predicted molar refractivity (Wildman–Crippen MR) is 131 cm³/mol. The summed E-state index contributed by atoms with van der Waals surface area (Å²) in [7, 11) is 1.62. The summed E-state index contributed by atoms with van der Waals surface area (Å²) < 4.78 is 10.6. The number of nitrogens with one attached hydrogen (secondary N) is 1. The first-order valence-electron chi connectivity index (χ1n) is 12.6. The zero-order valence-corrected chi connectivity index (χ0v) is 20.6. The maximum atomic E-state index is 13.6. The fourth-order valence-electron chi connectivity index (χ4n) is 5.22. The number of para-hydroxylation sites is 1. The number of carbonyl (C=O) groups is 3. The number of benzene rings is 1. The van der Waals surface area contributed by atoms with Crippen molar-refractivity contribution in [3.05, 3.63) is 54.0 Å². The third-order valence-corrected chi connectivity index (χ3v) is 7.15. The molecule has 0 aliphatic carbocycles. The summed E-state index contributed by atoms with van der Waals surface area (Å²) in [6.45, 7) is 3.88. The van der Waals surface area contributed by atoms with E-state index in [1.165, 1.54) is 12.5 Å². The summed E-state index contributed by atoms with van der Waals surface area (Å²) in [5, 5.41) is 3.24. The van der Waals surface area contributed by atoms with Crippen LogP contribution in [0, 0.1) is 5.92 Å². The van der Waals surface area contributed by atoms with Crippen LogP contribution in [0.4, 0.5) is 0 Å². The average Bonchev–Trinajstić information content (AvgIpc) is 3.43. The highest BCUT2D eigenvalue weighted by molar-refractivity contribution is 5.94. The molecule has 3 amide bonds. The monoisotopic (exact) mass is 481 g/mol. The quantitative estimate of drug-likeness (QED) is 0.619. The van der Waals surface area contributed by atoms with Crippen LogP contribution >= 0.6 is 0 Å². The van der Waals surface area contributed by atoms with Crippen LogP contribution < -0.4 is 10.1 Å². The van der Waals surface area contributed by atoms with Crippen molar-refractivity contribution in [2.75, 3.05) is 26.7 Å². The first-order valence-corrected chi connectivity index (χ1v) is 12.6. The maximum Gasteiger partial charge on any atom is 0.257 e. The molecule has 8 nitrogen and oxygen atoms in total. The second-order valence-corrected chi connectivity index (χ2v) is 9.36. The molecule has 2 aliphatic heterocycles. The van der Waals surface area contributed by atoms with Gasteiger partial charge in [0.05, 0.1) is 30.9 Å². The highest BCUT2D eigenvalue weighted by atomic mass is 16.5. The minimum absolute atomic E-state index is 0.00376. The van der Waals surface area contributed by atoms with E-state index in [0.717, 1.165) is 18.4 Å². The van der Waals surface area contributed by atoms with Crippen molar-refractivity contribution in [3.63, 3.8) is 0 Å². The Labute approximate surface area is 206 Å². The maximum absolute atomic E-state index is 13.6. The Morgan fingerprint density at radius 1 is 1.14 bits per heavy atom. The Morgan fingerprint density at radius 3 is 2.60 bits per heavy atom. The summed E-state index contributed by atoms with van der Waals surface area (Å²) in [6, 6.07) is 8.98. The lowest BCUT2D eigenvalue weighted by Crippen LogP contribution is -2.52. The molecule has 2 unspecified atom stereocenters. The summed E-state index contributed by atoms with van der Waals surface area (Å²) >= 11 is 0. The summed E-state index contributed by atoms with van der Waals surface area (Å²) in [5.74, 6) is 0.347. The molecule has 4 rings (SSSR count). The lowest BCUT2D eigenvalue weighted by Gasteiger charge is -2.42. The van der Waals surface area contributed by atoms with Gasteiger partial charge >= 0.3 is 0 Å². The van der Waals surface area contributed by atoms with Crippen molar-refractivity contribution in [2.24, 2.45) is 5.92 Å². The molecular weight excluding hydrogens is 446 g/mol. The van der Waals surface area contributed by atoms with E-state index in [1.54, 1.807) is 18.1 Å². The molecule has 0 spiro atoms. The van der Waals surface area contributed by atoms with Crippen LogP contribution in [0.15, 0.2) is 47.3 Å². The molecule has 0 radical (unpaired) electrons. The standard InChI is InChI=1S/C27H35N3O5/c1-3-4-14-30-24(31)10-9-22(25(30)21-7-5-6-8-23(21)34-2)26(32)28-20-11-15-29(16-12-20)27(33)19-13-17-35-18-19/h5-8,13,17-18,20,22,25H,3-4,9-12,14-16H2,1-2H3,(H,28,32). The lowest BCUT2D eigenvalue weighted by atomic mass is 9.82. The van der Waals surface area contributed by atoms with Crippen LogP contribution in [0.5, 0.6) is 5.75 Å². The van der Waals surface area contributed by atoms with Crippen molar-refractivity contribution in [2.45, 2.75) is 57.5 Å². The number of nitrogens with zero attached hydrogens (tertiary/aromatic N) is 2. The molecule has 3 heterocycles. The van der Waals surface area contributed by atoms with Gasteiger partial charge in [0.15, 0.2) is 0 Å². The van der Waals surface area contributed by atoms with E-state index in [-0.39, 0.29) is 35.7 Å². The topological polar surface area (TPSA) is 92.1 Å². The molecular formula is C27H35N3O5. The lowest BCUT2D eigenvalue weighted by molar-refractivity contribution is -0.143. The van der Waals surface area contributed by atoms with Crippen LogP contribution in [-0.2, 0) is 9.59 Å². The van der Waals surface area contributed by atoms with Gasteiger partial charge < -0.3 is 24.3 Å². The van der Waals surface area contributed by atoms with E-state index in [2.05, 4.69) is 12.2 Å². The fraction of sp³-hybridized carbons (Fsp3) is 0.519. The average molecular weight is 482 g/mol. The van der Waals surface area contributed by atoms with Gasteiger partial charge in [0.25, 0.3) is 5.91 Å². The Hall–Kier alpha value is -3.29. The highest BCUT2D eigenvalue weighted by Gasteiger charge is 2.42. The van der Waals surface area contributed by atoms with Gasteiger partial charge in [-0.05, 0) is 37.8 Å². The van der Waals surface area contributed by atoms with E-state index >= 15 is 0 Å². The van der Waals surface area contributed by atoms with E-state index in [1.807, 2.05) is 29.2 Å². The molecule has 1 N–H and O–H groups in total. The number of carbonyl (C=O) groups excluding carboxylic acids is 3. The minimum Gasteiger partial charge on any atom is -0.496 e. The van der Waals surface area contributed by atoms with Crippen LogP contribution in [0.25, 0.3) is 0 Å². The highest BCUT2D eigenvalue weighted by Crippen LogP contribution is 2.41. The molecule has 1 aromatic carbocycles. The first kappa shape index (κ1) is 24.8. The number of likely N-dealkylation sites (tertiary alicyclic amines) is 2. The summed E-state index contributed by atoms with van der Waals surface area (Å²) in [6.07, 6.45) is 7.07. The first-order chi connectivity index (χ1) is 17.0. The Bertz CT molecular complexity index is 1010. The van der Waals surface area contributed by atoms with Gasteiger partial charge in [-0.1, -0.05) is 31.5 Å². The van der Waals surface area contributed by atoms with Gasteiger partial charge in [-0.25, -0.2) is 0 Å². The molecule has 35 heavy (non-hydrogen) atoms. The Balaban J connectivity index is 1.47. The van der Waals surface area contributed by atoms with Gasteiger partial charge in [0.1, 0.15) is 12.0 Å². The van der Waals surface area contributed by atoms with E-state index < -0.39 is 0 Å². The molecule has 2 aliphatic rings. The van der Waals surface area contributed by atoms with E-state index in [9.17, 15) is 14.4 Å². The van der Waals surface area contributed by atoms with Crippen molar-refractivity contribution >= 4 is 17.7 Å². The normalized spacial score (nSPS) is 21.1. The van der Waals surface area contributed by atoms with Crippen LogP contribution in [0.1, 0.15) is 67.4 Å². The number of furan rings is 1. The SMILES string of the molecule is CCCCN1C(=O)CCC(C(=O)NC2CCN(C(=O)c3ccoc3)CC2)C1c1ccccc1OC. The second kappa shape index (κ2) is 11.4. The molecule has 2 aromatic rings. The molecule has 2 atom stereocenters. The predicted octanol–water partition coefficient (Wildman–Crippen LogP) is 3.79. The van der Waals surface area contributed by atoms with Gasteiger partial charge in [-0.15, -0.1) is 0 Å². The number of ether oxygens (including phenoxy) is 1. The number of methoxy groups -OCH3 is 1. The van der Waals surface area contributed by atoms with Gasteiger partial charge in [0, 0.05) is 37.7 Å². The Morgan fingerprint density at radius 2 is 1.91 bits per heavy atom. The number of unbranched alkanes of at least 4 members (excludes halogenated alkanes) is 1. The molecule has 2 saturated heterocycles. The zero-order valence-electron chi connectivity index (χ0n) is 20.6. The van der Waals surface area contributed by atoms with Gasteiger partial charge in [0.2, 0.25) is 11.8 Å². The number of piperidine rings is 2. The van der Waals surface area contributed by atoms with Gasteiger partial charge in [-0.3, -0.25) is 14.4 Å². The summed E-state index contributed by atoms with van der Waals surface area (Å²) in [4.78, 5) is 42.8. The van der Waals surface area contributed by atoms with Crippen LogP contribution in [0.2, 0.25) is 0 Å². The molecule has 188 valence electrons. The van der Waals surface area contributed by atoms with Crippen molar-refractivity contribution in [1.82, 2.24) is 15.1 Å². The number of rotatable bonds is 8. The molecule has 0 saturated carbocycles. The van der Waals surface area contributed by atoms with Crippen molar-refractivity contribution in [3.8, 4) is 5.75 Å². The third-order valence-electron chi connectivity index (χ3n) is 7.15. The summed E-state index contributed by atoms with van der Waals surface area (Å²) in [5.41, 5.74) is 1.42. The number of hydrogen-bond acceptors (Lipinski definition) is 5. The number of amides is 3. The molecule has 2 fully saturated rings. The van der Waals surface area contributed by atoms with Crippen molar-refractivity contribution < 1.29 is 23.5 Å². The third kappa shape index (κ3) is 5.52. The van der Waals surface area contributed by atoms with E-state index in [4.69, 9.17) is 9.15 Å². The smallest absolute Gasteiger partial charge is 0.257 e. The van der Waals surface area contributed by atoms with Crippen molar-refractivity contribution in [1.29, 1.82) is 0 Å². The second-order valence-electron chi connectivity index (χ2n) is 9.36.